The SMILES string of the molecule is CC(C)Oc1ccnc2c1nc(C=O)n2C. The summed E-state index contributed by atoms with van der Waals surface area (Å²) in [6.45, 7) is 3.88. The first-order valence-electron chi connectivity index (χ1n) is 5.06. The molecule has 0 bridgehead atoms. The van der Waals surface area contributed by atoms with Crippen LogP contribution in [0.15, 0.2) is 12.3 Å². The molecule has 2 aromatic rings. The zero-order valence-corrected chi connectivity index (χ0v) is 9.47. The number of carbonyl (C=O) groups is 1. The lowest BCUT2D eigenvalue weighted by molar-refractivity contribution is 0.111. The van der Waals surface area contributed by atoms with E-state index in [0.717, 1.165) is 0 Å². The molecule has 0 aromatic carbocycles. The Kier molecular flexibility index (Phi) is 2.60. The largest absolute Gasteiger partial charge is 0.489 e. The first-order valence-corrected chi connectivity index (χ1v) is 5.06. The Hall–Kier alpha value is -1.91. The number of aromatic nitrogens is 3. The van der Waals surface area contributed by atoms with Gasteiger partial charge < -0.3 is 9.30 Å². The van der Waals surface area contributed by atoms with E-state index in [1.807, 2.05) is 13.8 Å². The molecule has 0 fully saturated rings. The van der Waals surface area contributed by atoms with E-state index < -0.39 is 0 Å². The van der Waals surface area contributed by atoms with Gasteiger partial charge in [0, 0.05) is 19.3 Å². The van der Waals surface area contributed by atoms with Crippen LogP contribution in [0, 0.1) is 0 Å². The van der Waals surface area contributed by atoms with Crippen molar-refractivity contribution in [3.05, 3.63) is 18.1 Å². The quantitative estimate of drug-likeness (QED) is 0.735. The van der Waals surface area contributed by atoms with Gasteiger partial charge in [-0.25, -0.2) is 9.97 Å². The van der Waals surface area contributed by atoms with Crippen molar-refractivity contribution < 1.29 is 9.53 Å². The van der Waals surface area contributed by atoms with E-state index in [-0.39, 0.29) is 6.10 Å². The Bertz CT molecular complexity index is 531. The molecular formula is C11H13N3O2. The normalized spacial score (nSPS) is 11.0. The highest BCUT2D eigenvalue weighted by Crippen LogP contribution is 2.23. The summed E-state index contributed by atoms with van der Waals surface area (Å²) in [5.41, 5.74) is 1.28. The maximum absolute atomic E-state index is 10.8. The summed E-state index contributed by atoms with van der Waals surface area (Å²) in [5, 5.41) is 0. The molecule has 2 rings (SSSR count). The van der Waals surface area contributed by atoms with E-state index in [9.17, 15) is 4.79 Å². The van der Waals surface area contributed by atoms with Crippen molar-refractivity contribution in [1.29, 1.82) is 0 Å². The standard InChI is InChI=1S/C11H13N3O2/c1-7(2)16-8-4-5-12-11-10(8)13-9(6-15)14(11)3/h4-7H,1-3H3. The molecule has 16 heavy (non-hydrogen) atoms. The third-order valence-corrected chi connectivity index (χ3v) is 2.22. The minimum atomic E-state index is 0.0623. The van der Waals surface area contributed by atoms with Crippen LogP contribution in [-0.2, 0) is 7.05 Å². The second-order valence-electron chi connectivity index (χ2n) is 3.79. The van der Waals surface area contributed by atoms with Gasteiger partial charge in [-0.2, -0.15) is 0 Å². The van der Waals surface area contributed by atoms with Crippen molar-refractivity contribution in [3.63, 3.8) is 0 Å². The van der Waals surface area contributed by atoms with Crippen LogP contribution in [0.25, 0.3) is 11.2 Å². The minimum absolute atomic E-state index is 0.0623. The molecule has 84 valence electrons. The summed E-state index contributed by atoms with van der Waals surface area (Å²) in [4.78, 5) is 19.1. The van der Waals surface area contributed by atoms with E-state index in [1.54, 1.807) is 23.9 Å². The average molecular weight is 219 g/mol. The highest BCUT2D eigenvalue weighted by molar-refractivity contribution is 5.84. The number of nitrogens with zero attached hydrogens (tertiary/aromatic N) is 3. The summed E-state index contributed by atoms with van der Waals surface area (Å²) < 4.78 is 7.26. The van der Waals surface area contributed by atoms with Gasteiger partial charge in [-0.3, -0.25) is 4.79 Å². The molecule has 0 N–H and O–H groups in total. The van der Waals surface area contributed by atoms with E-state index in [0.29, 0.717) is 29.0 Å². The molecule has 2 heterocycles. The molecule has 5 heteroatoms. The van der Waals surface area contributed by atoms with Crippen LogP contribution in [-0.4, -0.2) is 26.9 Å². The van der Waals surface area contributed by atoms with Crippen molar-refractivity contribution >= 4 is 17.5 Å². The third kappa shape index (κ3) is 1.64. The Morgan fingerprint density at radius 3 is 2.88 bits per heavy atom. The Morgan fingerprint density at radius 2 is 2.25 bits per heavy atom. The van der Waals surface area contributed by atoms with Crippen molar-refractivity contribution in [2.75, 3.05) is 0 Å². The maximum atomic E-state index is 10.8. The number of imidazole rings is 1. The summed E-state index contributed by atoms with van der Waals surface area (Å²) >= 11 is 0. The topological polar surface area (TPSA) is 57.0 Å². The van der Waals surface area contributed by atoms with E-state index in [1.165, 1.54) is 0 Å². The molecular weight excluding hydrogens is 206 g/mol. The zero-order valence-electron chi connectivity index (χ0n) is 9.47. The fourth-order valence-electron chi connectivity index (χ4n) is 1.53. The number of rotatable bonds is 3. The Labute approximate surface area is 93.1 Å². The molecule has 0 amide bonds. The first-order chi connectivity index (χ1) is 7.63. The lowest BCUT2D eigenvalue weighted by Crippen LogP contribution is -2.06. The number of carbonyl (C=O) groups excluding carboxylic acids is 1. The molecule has 0 aliphatic heterocycles. The smallest absolute Gasteiger partial charge is 0.185 e. The van der Waals surface area contributed by atoms with Gasteiger partial charge >= 0.3 is 0 Å². The summed E-state index contributed by atoms with van der Waals surface area (Å²) in [6, 6.07) is 1.75. The average Bonchev–Trinajstić information content (AvgIpc) is 2.56. The van der Waals surface area contributed by atoms with Crippen molar-refractivity contribution in [1.82, 2.24) is 14.5 Å². The molecule has 0 saturated carbocycles. The van der Waals surface area contributed by atoms with Crippen LogP contribution in [0.4, 0.5) is 0 Å². The van der Waals surface area contributed by atoms with Crippen LogP contribution in [0.2, 0.25) is 0 Å². The first kappa shape index (κ1) is 10.6. The predicted molar refractivity (Wildman–Crippen MR) is 59.7 cm³/mol. The second-order valence-corrected chi connectivity index (χ2v) is 3.79. The monoisotopic (exact) mass is 219 g/mol. The van der Waals surface area contributed by atoms with E-state index in [4.69, 9.17) is 4.74 Å². The molecule has 2 aromatic heterocycles. The molecule has 0 unspecified atom stereocenters. The van der Waals surface area contributed by atoms with Crippen molar-refractivity contribution in [3.8, 4) is 5.75 Å². The van der Waals surface area contributed by atoms with Gasteiger partial charge in [-0.05, 0) is 13.8 Å². The third-order valence-electron chi connectivity index (χ3n) is 2.22. The van der Waals surface area contributed by atoms with Crippen LogP contribution in [0.3, 0.4) is 0 Å². The van der Waals surface area contributed by atoms with Gasteiger partial charge in [0.2, 0.25) is 0 Å². The van der Waals surface area contributed by atoms with Crippen molar-refractivity contribution in [2.24, 2.45) is 7.05 Å². The molecule has 0 radical (unpaired) electrons. The molecule has 0 aliphatic rings. The Morgan fingerprint density at radius 1 is 1.50 bits per heavy atom. The number of aldehydes is 1. The number of fused-ring (bicyclic) bond motifs is 1. The summed E-state index contributed by atoms with van der Waals surface area (Å²) in [6.07, 6.45) is 2.42. The van der Waals surface area contributed by atoms with Crippen LogP contribution >= 0.6 is 0 Å². The number of hydrogen-bond donors (Lipinski definition) is 0. The van der Waals surface area contributed by atoms with Crippen LogP contribution < -0.4 is 4.74 Å². The number of hydrogen-bond acceptors (Lipinski definition) is 4. The van der Waals surface area contributed by atoms with Gasteiger partial charge in [-0.15, -0.1) is 0 Å². The predicted octanol–water partition coefficient (Wildman–Crippen LogP) is 1.57. The maximum Gasteiger partial charge on any atom is 0.185 e. The highest BCUT2D eigenvalue weighted by atomic mass is 16.5. The van der Waals surface area contributed by atoms with E-state index in [2.05, 4.69) is 9.97 Å². The lowest BCUT2D eigenvalue weighted by atomic mass is 10.4. The van der Waals surface area contributed by atoms with Crippen molar-refractivity contribution in [2.45, 2.75) is 20.0 Å². The lowest BCUT2D eigenvalue weighted by Gasteiger charge is -2.09. The second kappa shape index (κ2) is 3.92. The summed E-state index contributed by atoms with van der Waals surface area (Å²) in [7, 11) is 1.76. The molecule has 0 aliphatic carbocycles. The Balaban J connectivity index is 2.63. The van der Waals surface area contributed by atoms with Gasteiger partial charge in [0.25, 0.3) is 0 Å². The number of ether oxygens (including phenoxy) is 1. The van der Waals surface area contributed by atoms with Gasteiger partial charge in [0.05, 0.1) is 6.10 Å². The van der Waals surface area contributed by atoms with Gasteiger partial charge in [-0.1, -0.05) is 0 Å². The molecule has 0 atom stereocenters. The van der Waals surface area contributed by atoms with Crippen LogP contribution in [0.5, 0.6) is 5.75 Å². The minimum Gasteiger partial charge on any atom is -0.489 e. The molecule has 0 saturated heterocycles. The molecule has 5 nitrogen and oxygen atoms in total. The fourth-order valence-corrected chi connectivity index (χ4v) is 1.53. The fraction of sp³-hybridized carbons (Fsp3) is 0.364. The van der Waals surface area contributed by atoms with Gasteiger partial charge in [0.1, 0.15) is 0 Å². The van der Waals surface area contributed by atoms with Crippen LogP contribution in [0.1, 0.15) is 24.5 Å². The zero-order chi connectivity index (χ0) is 11.7. The number of pyridine rings is 1. The van der Waals surface area contributed by atoms with Gasteiger partial charge in [0.15, 0.2) is 29.0 Å². The van der Waals surface area contributed by atoms with E-state index >= 15 is 0 Å². The molecule has 0 spiro atoms. The highest BCUT2D eigenvalue weighted by Gasteiger charge is 2.13. The summed E-state index contributed by atoms with van der Waals surface area (Å²) in [5.74, 6) is 1.01. The number of aryl methyl sites for hydroxylation is 1.